The maximum atomic E-state index is 12.6. The third kappa shape index (κ3) is 4.37. The van der Waals surface area contributed by atoms with Crippen LogP contribution in [0.1, 0.15) is 46.9 Å². The second-order valence-corrected chi connectivity index (χ2v) is 9.07. The third-order valence-electron chi connectivity index (χ3n) is 5.90. The summed E-state index contributed by atoms with van der Waals surface area (Å²) >= 11 is 1.39. The van der Waals surface area contributed by atoms with Crippen LogP contribution in [0.2, 0.25) is 0 Å². The highest BCUT2D eigenvalue weighted by molar-refractivity contribution is 7.13. The minimum atomic E-state index is -0.460. The van der Waals surface area contributed by atoms with Crippen LogP contribution in [0.15, 0.2) is 29.8 Å². The number of amides is 1. The molecule has 2 aromatic heterocycles. The van der Waals surface area contributed by atoms with Crippen LogP contribution in [0, 0.1) is 11.3 Å². The van der Waals surface area contributed by atoms with Crippen molar-refractivity contribution in [1.29, 1.82) is 5.26 Å². The van der Waals surface area contributed by atoms with E-state index in [0.717, 1.165) is 43.7 Å². The van der Waals surface area contributed by atoms with Crippen LogP contribution in [0.3, 0.4) is 0 Å². The number of rotatable bonds is 7. The molecule has 3 aromatic rings. The Morgan fingerprint density at radius 2 is 2.15 bits per heavy atom. The first kappa shape index (κ1) is 21.3. The van der Waals surface area contributed by atoms with E-state index in [1.165, 1.54) is 28.7 Å². The molecular formula is C23H24N8OS. The van der Waals surface area contributed by atoms with Crippen molar-refractivity contribution in [1.82, 2.24) is 25.6 Å². The van der Waals surface area contributed by atoms with Crippen LogP contribution >= 0.6 is 11.3 Å². The quantitative estimate of drug-likeness (QED) is 0.423. The molecule has 3 heterocycles. The average Bonchev–Trinajstić information content (AvgIpc) is 3.50. The predicted octanol–water partition coefficient (Wildman–Crippen LogP) is 3.37. The second kappa shape index (κ2) is 8.77. The summed E-state index contributed by atoms with van der Waals surface area (Å²) in [6, 6.07) is 8.60. The van der Waals surface area contributed by atoms with Crippen LogP contribution < -0.4 is 21.3 Å². The van der Waals surface area contributed by atoms with Crippen LogP contribution in [-0.4, -0.2) is 33.9 Å². The minimum Gasteiger partial charge on any atom is -0.352 e. The minimum absolute atomic E-state index is 0.265. The smallest absolute Gasteiger partial charge is 0.256 e. The Morgan fingerprint density at radius 1 is 1.27 bits per heavy atom. The number of benzene rings is 1. The van der Waals surface area contributed by atoms with E-state index in [-0.39, 0.29) is 5.91 Å². The first-order chi connectivity index (χ1) is 16.1. The van der Waals surface area contributed by atoms with Gasteiger partial charge in [-0.25, -0.2) is 9.97 Å². The molecule has 0 bridgehead atoms. The molecule has 0 atom stereocenters. The number of hydrogen-bond donors (Lipinski definition) is 4. The molecule has 9 nitrogen and oxygen atoms in total. The third-order valence-corrected chi connectivity index (χ3v) is 6.66. The fourth-order valence-electron chi connectivity index (χ4n) is 3.85. The zero-order valence-electron chi connectivity index (χ0n) is 18.2. The number of nitrogens with one attached hydrogen (secondary N) is 4. The maximum Gasteiger partial charge on any atom is 0.256 e. The van der Waals surface area contributed by atoms with Gasteiger partial charge in [-0.1, -0.05) is 6.07 Å². The lowest BCUT2D eigenvalue weighted by atomic mass is 10.0. The van der Waals surface area contributed by atoms with Gasteiger partial charge in [-0.3, -0.25) is 4.79 Å². The summed E-state index contributed by atoms with van der Waals surface area (Å²) in [5.74, 6) is 0.474. The van der Waals surface area contributed by atoms with Gasteiger partial charge < -0.3 is 21.3 Å². The van der Waals surface area contributed by atoms with Gasteiger partial charge in [0, 0.05) is 30.4 Å². The number of thiazole rings is 1. The molecule has 1 aromatic carbocycles. The molecule has 0 spiro atoms. The number of carbonyl (C=O) groups excluding carboxylic acids is 1. The SMILES string of the molecule is CCNC(=O)c1cnc(Nc2ccc3c(c2)CNCC3)nc1Nc1nc(C2(C#N)CC2)cs1. The fourth-order valence-corrected chi connectivity index (χ4v) is 4.66. The lowest BCUT2D eigenvalue weighted by molar-refractivity contribution is 0.0956. The van der Waals surface area contributed by atoms with E-state index in [4.69, 9.17) is 0 Å². The Hall–Kier alpha value is -3.55. The van der Waals surface area contributed by atoms with Crippen molar-refractivity contribution in [2.24, 2.45) is 0 Å². The van der Waals surface area contributed by atoms with E-state index in [1.807, 2.05) is 18.4 Å². The molecule has 1 fully saturated rings. The highest BCUT2D eigenvalue weighted by atomic mass is 32.1. The molecule has 0 unspecified atom stereocenters. The average molecular weight is 461 g/mol. The van der Waals surface area contributed by atoms with E-state index < -0.39 is 5.41 Å². The van der Waals surface area contributed by atoms with Crippen LogP contribution in [0.25, 0.3) is 0 Å². The van der Waals surface area contributed by atoms with Crippen molar-refractivity contribution >= 4 is 39.8 Å². The summed E-state index contributed by atoms with van der Waals surface area (Å²) in [6.45, 7) is 4.18. The maximum absolute atomic E-state index is 12.6. The summed E-state index contributed by atoms with van der Waals surface area (Å²) in [5.41, 5.74) is 4.13. The van der Waals surface area contributed by atoms with Crippen molar-refractivity contribution in [3.05, 3.63) is 52.2 Å². The van der Waals surface area contributed by atoms with Gasteiger partial charge >= 0.3 is 0 Å². The zero-order valence-corrected chi connectivity index (χ0v) is 19.1. The number of carbonyl (C=O) groups is 1. The van der Waals surface area contributed by atoms with Crippen molar-refractivity contribution < 1.29 is 4.79 Å². The highest BCUT2D eigenvalue weighted by Gasteiger charge is 2.47. The molecular weight excluding hydrogens is 436 g/mol. The number of aromatic nitrogens is 3. The Balaban J connectivity index is 1.42. The topological polar surface area (TPSA) is 128 Å². The number of hydrogen-bond acceptors (Lipinski definition) is 9. The highest BCUT2D eigenvalue weighted by Crippen LogP contribution is 2.48. The van der Waals surface area contributed by atoms with Gasteiger partial charge in [0.25, 0.3) is 5.91 Å². The van der Waals surface area contributed by atoms with E-state index in [0.29, 0.717) is 29.0 Å². The summed E-state index contributed by atoms with van der Waals surface area (Å²) in [7, 11) is 0. The standard InChI is InChI=1S/C23H24N8OS/c1-2-26-20(32)17-11-27-21(28-16-4-3-14-5-8-25-10-15(14)9-16)30-19(17)31-22-29-18(12-33-22)23(13-24)6-7-23/h3-4,9,11-12,25H,2,5-8,10H2,1H3,(H,26,32)(H2,27,28,29,30,31). The van der Waals surface area contributed by atoms with Gasteiger partial charge in [0.1, 0.15) is 11.0 Å². The first-order valence-corrected chi connectivity index (χ1v) is 11.9. The van der Waals surface area contributed by atoms with E-state index in [9.17, 15) is 10.1 Å². The summed E-state index contributed by atoms with van der Waals surface area (Å²) in [5, 5.41) is 24.5. The molecule has 0 saturated heterocycles. The Morgan fingerprint density at radius 3 is 2.94 bits per heavy atom. The van der Waals surface area contributed by atoms with Crippen molar-refractivity contribution in [2.75, 3.05) is 23.7 Å². The van der Waals surface area contributed by atoms with Gasteiger partial charge in [-0.2, -0.15) is 10.2 Å². The number of nitrogens with zero attached hydrogens (tertiary/aromatic N) is 4. The predicted molar refractivity (Wildman–Crippen MR) is 127 cm³/mol. The molecule has 1 amide bonds. The van der Waals surface area contributed by atoms with E-state index >= 15 is 0 Å². The number of nitriles is 1. The van der Waals surface area contributed by atoms with Gasteiger partial charge in [-0.15, -0.1) is 11.3 Å². The second-order valence-electron chi connectivity index (χ2n) is 8.21. The normalized spacial score (nSPS) is 15.8. The zero-order chi connectivity index (χ0) is 22.8. The van der Waals surface area contributed by atoms with Crippen LogP contribution in [0.5, 0.6) is 0 Å². The van der Waals surface area contributed by atoms with Gasteiger partial charge in [-0.05, 0) is 56.0 Å². The van der Waals surface area contributed by atoms with Gasteiger partial charge in [0.2, 0.25) is 5.95 Å². The monoisotopic (exact) mass is 460 g/mol. The molecule has 1 aliphatic heterocycles. The van der Waals surface area contributed by atoms with E-state index in [1.54, 1.807) is 0 Å². The lowest BCUT2D eigenvalue weighted by Gasteiger charge is -2.18. The fraction of sp³-hybridized carbons (Fsp3) is 0.348. The van der Waals surface area contributed by atoms with Crippen LogP contribution in [-0.2, 0) is 18.4 Å². The number of anilines is 4. The molecule has 2 aliphatic rings. The molecule has 1 saturated carbocycles. The van der Waals surface area contributed by atoms with E-state index in [2.05, 4.69) is 54.4 Å². The Kier molecular flexibility index (Phi) is 5.66. The molecule has 33 heavy (non-hydrogen) atoms. The van der Waals surface area contributed by atoms with Crippen molar-refractivity contribution in [2.45, 2.75) is 38.1 Å². The molecule has 10 heteroatoms. The van der Waals surface area contributed by atoms with Gasteiger partial charge in [0.05, 0.1) is 11.8 Å². The summed E-state index contributed by atoms with van der Waals surface area (Å²) in [4.78, 5) is 26.1. The van der Waals surface area contributed by atoms with Crippen molar-refractivity contribution in [3.8, 4) is 6.07 Å². The van der Waals surface area contributed by atoms with Gasteiger partial charge in [0.15, 0.2) is 10.9 Å². The van der Waals surface area contributed by atoms with Crippen LogP contribution in [0.4, 0.5) is 22.6 Å². The number of fused-ring (bicyclic) bond motifs is 1. The summed E-state index contributed by atoms with van der Waals surface area (Å²) < 4.78 is 0. The molecule has 0 radical (unpaired) electrons. The molecule has 4 N–H and O–H groups in total. The molecule has 168 valence electrons. The summed E-state index contributed by atoms with van der Waals surface area (Å²) in [6.07, 6.45) is 4.18. The Labute approximate surface area is 195 Å². The largest absolute Gasteiger partial charge is 0.352 e. The Bertz CT molecular complexity index is 1240. The lowest BCUT2D eigenvalue weighted by Crippen LogP contribution is -2.24. The van der Waals surface area contributed by atoms with Crippen molar-refractivity contribution in [3.63, 3.8) is 0 Å². The molecule has 5 rings (SSSR count). The first-order valence-electron chi connectivity index (χ1n) is 11.0. The molecule has 1 aliphatic carbocycles.